The first-order valence-electron chi connectivity index (χ1n) is 7.66. The fraction of sp³-hybridized carbons (Fsp3) is 0.111. The quantitative estimate of drug-likeness (QED) is 0.498. The number of aromatic nitrogens is 2. The minimum absolute atomic E-state index is 0.153. The van der Waals surface area contributed by atoms with E-state index < -0.39 is 0 Å². The summed E-state index contributed by atoms with van der Waals surface area (Å²) in [6, 6.07) is 9.50. The zero-order chi connectivity index (χ0) is 17.4. The Balaban J connectivity index is 1.48. The monoisotopic (exact) mass is 415 g/mol. The van der Waals surface area contributed by atoms with Gasteiger partial charge in [-0.3, -0.25) is 4.79 Å². The molecule has 126 valence electrons. The summed E-state index contributed by atoms with van der Waals surface area (Å²) >= 11 is 5.01. The molecule has 4 rings (SSSR count). The number of aryl methyl sites for hydroxylation is 1. The van der Waals surface area contributed by atoms with E-state index in [-0.39, 0.29) is 5.91 Å². The summed E-state index contributed by atoms with van der Waals surface area (Å²) in [5, 5.41) is 6.66. The molecule has 4 aromatic rings. The minimum Gasteiger partial charge on any atom is -0.462 e. The third kappa shape index (κ3) is 3.12. The van der Waals surface area contributed by atoms with E-state index >= 15 is 0 Å². The van der Waals surface area contributed by atoms with Gasteiger partial charge >= 0.3 is 0 Å². The molecule has 0 bridgehead atoms. The maximum absolute atomic E-state index is 12.4. The van der Waals surface area contributed by atoms with E-state index in [0.29, 0.717) is 12.2 Å². The first-order valence-corrected chi connectivity index (χ1v) is 9.33. The number of furan rings is 1. The molecule has 3 aromatic heterocycles. The lowest BCUT2D eigenvalue weighted by Gasteiger charge is -2.00. The number of benzene rings is 1. The second-order valence-electron chi connectivity index (χ2n) is 5.62. The number of carbonyl (C=O) groups is 1. The van der Waals surface area contributed by atoms with Gasteiger partial charge in [-0.05, 0) is 42.8 Å². The highest BCUT2D eigenvalue weighted by molar-refractivity contribution is 9.10. The van der Waals surface area contributed by atoms with Crippen molar-refractivity contribution in [1.82, 2.24) is 15.3 Å². The first-order chi connectivity index (χ1) is 12.1. The lowest BCUT2D eigenvalue weighted by Crippen LogP contribution is -2.23. The van der Waals surface area contributed by atoms with Crippen LogP contribution in [0.15, 0.2) is 50.9 Å². The largest absolute Gasteiger partial charge is 0.462 e. The number of H-pyrrole nitrogens is 1. The molecule has 0 saturated carbocycles. The number of nitrogens with zero attached hydrogens (tertiary/aromatic N) is 1. The number of hydrogen-bond donors (Lipinski definition) is 2. The second-order valence-corrected chi connectivity index (χ2v) is 7.33. The molecule has 0 spiro atoms. The Morgan fingerprint density at radius 1 is 1.40 bits per heavy atom. The van der Waals surface area contributed by atoms with Crippen LogP contribution in [0.4, 0.5) is 0 Å². The number of fused-ring (bicyclic) bond motifs is 1. The Labute approximate surface area is 156 Å². The van der Waals surface area contributed by atoms with E-state index in [4.69, 9.17) is 4.42 Å². The highest BCUT2D eigenvalue weighted by atomic mass is 79.9. The highest BCUT2D eigenvalue weighted by Crippen LogP contribution is 2.26. The number of aromatic amines is 1. The van der Waals surface area contributed by atoms with Crippen molar-refractivity contribution < 1.29 is 9.21 Å². The Morgan fingerprint density at radius 2 is 2.28 bits per heavy atom. The van der Waals surface area contributed by atoms with Gasteiger partial charge in [0.25, 0.3) is 5.91 Å². The van der Waals surface area contributed by atoms with Crippen LogP contribution >= 0.6 is 27.3 Å². The SMILES string of the molecule is Cc1c(Br)ccc2[nH]c(C(=O)NCc3csc(-c4ccco4)n3)cc12. The van der Waals surface area contributed by atoms with Crippen molar-refractivity contribution in [2.24, 2.45) is 0 Å². The van der Waals surface area contributed by atoms with Crippen LogP contribution < -0.4 is 5.32 Å². The molecular formula is C18H14BrN3O2S. The highest BCUT2D eigenvalue weighted by Gasteiger charge is 2.13. The summed E-state index contributed by atoms with van der Waals surface area (Å²) < 4.78 is 6.36. The Kier molecular flexibility index (Phi) is 4.19. The maximum Gasteiger partial charge on any atom is 0.268 e. The summed E-state index contributed by atoms with van der Waals surface area (Å²) in [5.41, 5.74) is 3.40. The standard InChI is InChI=1S/C18H14BrN3O2S/c1-10-12-7-15(22-14(12)5-4-13(10)19)17(23)20-8-11-9-25-18(21-11)16-3-2-6-24-16/h2-7,9,22H,8H2,1H3,(H,20,23). The van der Waals surface area contributed by atoms with Gasteiger partial charge in [-0.15, -0.1) is 11.3 Å². The number of carbonyl (C=O) groups excluding carboxylic acids is 1. The van der Waals surface area contributed by atoms with Crippen molar-refractivity contribution in [1.29, 1.82) is 0 Å². The molecule has 0 radical (unpaired) electrons. The molecule has 0 saturated heterocycles. The molecule has 25 heavy (non-hydrogen) atoms. The second kappa shape index (κ2) is 6.50. The molecule has 0 atom stereocenters. The lowest BCUT2D eigenvalue weighted by molar-refractivity contribution is 0.0946. The van der Waals surface area contributed by atoms with Gasteiger partial charge in [0, 0.05) is 20.8 Å². The van der Waals surface area contributed by atoms with Crippen molar-refractivity contribution >= 4 is 44.1 Å². The van der Waals surface area contributed by atoms with Crippen LogP contribution in [0.2, 0.25) is 0 Å². The Morgan fingerprint density at radius 3 is 3.08 bits per heavy atom. The molecule has 0 aliphatic carbocycles. The average Bonchev–Trinajstić information content (AvgIpc) is 3.35. The van der Waals surface area contributed by atoms with E-state index in [0.717, 1.165) is 37.4 Å². The normalized spacial score (nSPS) is 11.1. The maximum atomic E-state index is 12.4. The molecule has 0 aliphatic heterocycles. The van der Waals surface area contributed by atoms with Crippen LogP contribution in [0.1, 0.15) is 21.7 Å². The fourth-order valence-electron chi connectivity index (χ4n) is 2.61. The summed E-state index contributed by atoms with van der Waals surface area (Å²) in [4.78, 5) is 20.1. The zero-order valence-electron chi connectivity index (χ0n) is 13.3. The fourth-order valence-corrected chi connectivity index (χ4v) is 3.74. The van der Waals surface area contributed by atoms with Crippen LogP contribution in [0, 0.1) is 6.92 Å². The number of halogens is 1. The van der Waals surface area contributed by atoms with Gasteiger partial charge < -0.3 is 14.7 Å². The molecule has 0 aliphatic rings. The third-order valence-corrected chi connectivity index (χ3v) is 5.73. The molecule has 7 heteroatoms. The predicted octanol–water partition coefficient (Wildman–Crippen LogP) is 4.89. The molecule has 0 fully saturated rings. The Hall–Kier alpha value is -2.38. The summed E-state index contributed by atoms with van der Waals surface area (Å²) in [6.45, 7) is 2.39. The van der Waals surface area contributed by atoms with Gasteiger partial charge in [0.15, 0.2) is 10.8 Å². The lowest BCUT2D eigenvalue weighted by atomic mass is 10.1. The van der Waals surface area contributed by atoms with Gasteiger partial charge in [0.05, 0.1) is 18.5 Å². The minimum atomic E-state index is -0.153. The van der Waals surface area contributed by atoms with E-state index in [1.807, 2.05) is 42.6 Å². The van der Waals surface area contributed by atoms with Gasteiger partial charge in [-0.25, -0.2) is 4.98 Å². The molecule has 2 N–H and O–H groups in total. The van der Waals surface area contributed by atoms with Gasteiger partial charge in [-0.2, -0.15) is 0 Å². The van der Waals surface area contributed by atoms with E-state index in [2.05, 4.69) is 31.2 Å². The smallest absolute Gasteiger partial charge is 0.268 e. The Bertz CT molecular complexity index is 1050. The van der Waals surface area contributed by atoms with Crippen molar-refractivity contribution in [2.75, 3.05) is 0 Å². The zero-order valence-corrected chi connectivity index (χ0v) is 15.7. The molecule has 5 nitrogen and oxygen atoms in total. The number of rotatable bonds is 4. The van der Waals surface area contributed by atoms with Crippen LogP contribution in [0.25, 0.3) is 21.7 Å². The average molecular weight is 416 g/mol. The summed E-state index contributed by atoms with van der Waals surface area (Å²) in [5.74, 6) is 0.582. The number of hydrogen-bond acceptors (Lipinski definition) is 4. The van der Waals surface area contributed by atoms with E-state index in [1.165, 1.54) is 11.3 Å². The topological polar surface area (TPSA) is 70.9 Å². The molecule has 1 aromatic carbocycles. The predicted molar refractivity (Wildman–Crippen MR) is 102 cm³/mol. The van der Waals surface area contributed by atoms with Crippen molar-refractivity contribution in [3.63, 3.8) is 0 Å². The number of amides is 1. The van der Waals surface area contributed by atoms with Crippen LogP contribution in [0.3, 0.4) is 0 Å². The number of thiazole rings is 1. The van der Waals surface area contributed by atoms with E-state index in [1.54, 1.807) is 6.26 Å². The van der Waals surface area contributed by atoms with E-state index in [9.17, 15) is 4.79 Å². The molecule has 0 unspecified atom stereocenters. The third-order valence-electron chi connectivity index (χ3n) is 3.97. The van der Waals surface area contributed by atoms with Gasteiger partial charge in [0.2, 0.25) is 0 Å². The summed E-state index contributed by atoms with van der Waals surface area (Å²) in [7, 11) is 0. The van der Waals surface area contributed by atoms with Gasteiger partial charge in [0.1, 0.15) is 5.69 Å². The van der Waals surface area contributed by atoms with Crippen molar-refractivity contribution in [2.45, 2.75) is 13.5 Å². The first kappa shape index (κ1) is 16.1. The van der Waals surface area contributed by atoms with Crippen molar-refractivity contribution in [3.8, 4) is 10.8 Å². The molecule has 3 heterocycles. The van der Waals surface area contributed by atoms with Gasteiger partial charge in [-0.1, -0.05) is 15.9 Å². The summed E-state index contributed by atoms with van der Waals surface area (Å²) in [6.07, 6.45) is 1.62. The van der Waals surface area contributed by atoms with Crippen LogP contribution in [-0.4, -0.2) is 15.9 Å². The number of nitrogens with one attached hydrogen (secondary N) is 2. The van der Waals surface area contributed by atoms with Crippen LogP contribution in [0.5, 0.6) is 0 Å². The molecular weight excluding hydrogens is 402 g/mol. The van der Waals surface area contributed by atoms with Crippen molar-refractivity contribution in [3.05, 3.63) is 63.4 Å². The molecule has 1 amide bonds. The van der Waals surface area contributed by atoms with Crippen LogP contribution in [-0.2, 0) is 6.54 Å².